The Labute approximate surface area is 184 Å². The highest BCUT2D eigenvalue weighted by atomic mass is 32.2. The van der Waals surface area contributed by atoms with Crippen LogP contribution in [0, 0.1) is 10.1 Å². The number of anilines is 2. The SMILES string of the molecule is O=[N+]([O-])c1cc(S(=O)(=O)N2CCCC2)ccc1N/N=C/c1ccc(N2CCOCC2)s1. The molecule has 31 heavy (non-hydrogen) atoms. The molecule has 0 bridgehead atoms. The molecule has 166 valence electrons. The Bertz CT molecular complexity index is 1070. The molecule has 2 saturated heterocycles. The maximum atomic E-state index is 12.7. The molecule has 0 unspecified atom stereocenters. The first-order chi connectivity index (χ1) is 14.9. The van der Waals surface area contributed by atoms with E-state index in [-0.39, 0.29) is 16.3 Å². The highest BCUT2D eigenvalue weighted by Gasteiger charge is 2.29. The number of benzene rings is 1. The molecule has 1 N–H and O–H groups in total. The van der Waals surface area contributed by atoms with Gasteiger partial charge in [0.05, 0.1) is 34.2 Å². The van der Waals surface area contributed by atoms with Crippen LogP contribution in [0.2, 0.25) is 0 Å². The summed E-state index contributed by atoms with van der Waals surface area (Å²) in [5.41, 5.74) is 2.47. The number of hydrogen-bond acceptors (Lipinski definition) is 9. The fraction of sp³-hybridized carbons (Fsp3) is 0.421. The second-order valence-electron chi connectivity index (χ2n) is 7.19. The van der Waals surface area contributed by atoms with Crippen molar-refractivity contribution in [1.29, 1.82) is 0 Å². The Hall–Kier alpha value is -2.54. The molecule has 12 heteroatoms. The van der Waals surface area contributed by atoms with E-state index in [1.54, 1.807) is 17.6 Å². The van der Waals surface area contributed by atoms with Crippen molar-refractivity contribution in [3.8, 4) is 0 Å². The van der Waals surface area contributed by atoms with Gasteiger partial charge in [0.15, 0.2) is 0 Å². The van der Waals surface area contributed by atoms with Crippen molar-refractivity contribution in [2.24, 2.45) is 5.10 Å². The van der Waals surface area contributed by atoms with E-state index >= 15 is 0 Å². The summed E-state index contributed by atoms with van der Waals surface area (Å²) < 4.78 is 32.1. The van der Waals surface area contributed by atoms with E-state index in [0.29, 0.717) is 26.3 Å². The second-order valence-corrected chi connectivity index (χ2v) is 10.2. The quantitative estimate of drug-likeness (QED) is 0.379. The Balaban J connectivity index is 1.48. The molecule has 0 saturated carbocycles. The van der Waals surface area contributed by atoms with Crippen LogP contribution in [0.3, 0.4) is 0 Å². The van der Waals surface area contributed by atoms with E-state index in [2.05, 4.69) is 15.4 Å². The van der Waals surface area contributed by atoms with Gasteiger partial charge < -0.3 is 9.64 Å². The molecule has 2 fully saturated rings. The van der Waals surface area contributed by atoms with Crippen LogP contribution in [-0.4, -0.2) is 63.3 Å². The third-order valence-electron chi connectivity index (χ3n) is 5.18. The molecule has 2 aliphatic heterocycles. The van der Waals surface area contributed by atoms with Gasteiger partial charge in [-0.25, -0.2) is 8.42 Å². The number of nitro benzene ring substituents is 1. The lowest BCUT2D eigenvalue weighted by Crippen LogP contribution is -2.35. The molecule has 1 aromatic heterocycles. The topological polar surface area (TPSA) is 117 Å². The van der Waals surface area contributed by atoms with E-state index in [1.807, 2.05) is 12.1 Å². The average molecular weight is 466 g/mol. The van der Waals surface area contributed by atoms with Crippen LogP contribution in [-0.2, 0) is 14.8 Å². The van der Waals surface area contributed by atoms with Crippen LogP contribution in [0.25, 0.3) is 0 Å². The molecule has 2 aromatic rings. The smallest absolute Gasteiger partial charge is 0.295 e. The Morgan fingerprint density at radius 3 is 2.58 bits per heavy atom. The minimum absolute atomic E-state index is 0.0796. The van der Waals surface area contributed by atoms with Crippen molar-refractivity contribution < 1.29 is 18.1 Å². The minimum Gasteiger partial charge on any atom is -0.378 e. The predicted octanol–water partition coefficient (Wildman–Crippen LogP) is 2.72. The standard InChI is InChI=1S/C19H23N5O5S2/c25-24(26)18-13-16(31(27,28)23-7-1-2-8-23)4-5-17(18)21-20-14-15-3-6-19(30-15)22-9-11-29-12-10-22/h3-6,13-14,21H,1-2,7-12H2/b20-14+. The second kappa shape index (κ2) is 9.30. The molecular formula is C19H23N5O5S2. The zero-order valence-corrected chi connectivity index (χ0v) is 18.4. The monoisotopic (exact) mass is 465 g/mol. The highest BCUT2D eigenvalue weighted by Crippen LogP contribution is 2.30. The molecule has 3 heterocycles. The summed E-state index contributed by atoms with van der Waals surface area (Å²) in [6.45, 7) is 3.97. The normalized spacial score (nSPS) is 18.0. The predicted molar refractivity (Wildman–Crippen MR) is 120 cm³/mol. The van der Waals surface area contributed by atoms with Gasteiger partial charge in [-0.3, -0.25) is 15.5 Å². The fourth-order valence-electron chi connectivity index (χ4n) is 3.53. The zero-order chi connectivity index (χ0) is 21.8. The van der Waals surface area contributed by atoms with Crippen LogP contribution in [0.4, 0.5) is 16.4 Å². The van der Waals surface area contributed by atoms with Gasteiger partial charge in [0.1, 0.15) is 5.69 Å². The Morgan fingerprint density at radius 2 is 1.87 bits per heavy atom. The first-order valence-corrected chi connectivity index (χ1v) is 12.2. The van der Waals surface area contributed by atoms with Crippen molar-refractivity contribution in [2.45, 2.75) is 17.7 Å². The van der Waals surface area contributed by atoms with E-state index in [0.717, 1.165) is 41.9 Å². The molecule has 0 spiro atoms. The number of nitrogens with zero attached hydrogens (tertiary/aromatic N) is 4. The van der Waals surface area contributed by atoms with Gasteiger partial charge >= 0.3 is 0 Å². The first kappa shape index (κ1) is 21.7. The van der Waals surface area contributed by atoms with Gasteiger partial charge in [0.25, 0.3) is 5.69 Å². The van der Waals surface area contributed by atoms with Crippen molar-refractivity contribution in [3.63, 3.8) is 0 Å². The van der Waals surface area contributed by atoms with Gasteiger partial charge in [0, 0.05) is 37.1 Å². The molecule has 0 amide bonds. The molecule has 0 atom stereocenters. The molecule has 0 aliphatic carbocycles. The molecular weight excluding hydrogens is 442 g/mol. The number of nitrogens with one attached hydrogen (secondary N) is 1. The molecule has 4 rings (SSSR count). The van der Waals surface area contributed by atoms with Gasteiger partial charge in [-0.15, -0.1) is 11.3 Å². The van der Waals surface area contributed by atoms with Crippen molar-refractivity contribution in [3.05, 3.63) is 45.3 Å². The summed E-state index contributed by atoms with van der Waals surface area (Å²) >= 11 is 1.57. The van der Waals surface area contributed by atoms with E-state index in [9.17, 15) is 18.5 Å². The van der Waals surface area contributed by atoms with Gasteiger partial charge in [-0.1, -0.05) is 0 Å². The number of ether oxygens (including phenoxy) is 1. The van der Waals surface area contributed by atoms with Crippen molar-refractivity contribution in [1.82, 2.24) is 4.31 Å². The van der Waals surface area contributed by atoms with E-state index in [4.69, 9.17) is 4.74 Å². The lowest BCUT2D eigenvalue weighted by Gasteiger charge is -2.27. The first-order valence-electron chi connectivity index (χ1n) is 9.95. The summed E-state index contributed by atoms with van der Waals surface area (Å²) in [4.78, 5) is 14.0. The van der Waals surface area contributed by atoms with Crippen LogP contribution < -0.4 is 10.3 Å². The van der Waals surface area contributed by atoms with Crippen LogP contribution in [0.15, 0.2) is 40.3 Å². The number of hydrogen-bond donors (Lipinski definition) is 1. The number of thiophene rings is 1. The van der Waals surface area contributed by atoms with Crippen molar-refractivity contribution in [2.75, 3.05) is 49.7 Å². The lowest BCUT2D eigenvalue weighted by atomic mass is 10.3. The fourth-order valence-corrected chi connectivity index (χ4v) is 5.99. The largest absolute Gasteiger partial charge is 0.378 e. The molecule has 2 aliphatic rings. The highest BCUT2D eigenvalue weighted by molar-refractivity contribution is 7.89. The molecule has 1 aromatic carbocycles. The van der Waals surface area contributed by atoms with Gasteiger partial charge in [-0.2, -0.15) is 9.41 Å². The maximum absolute atomic E-state index is 12.7. The van der Waals surface area contributed by atoms with Crippen LogP contribution in [0.5, 0.6) is 0 Å². The molecule has 0 radical (unpaired) electrons. The van der Waals surface area contributed by atoms with E-state index < -0.39 is 14.9 Å². The Kier molecular flexibility index (Phi) is 6.51. The number of rotatable bonds is 7. The summed E-state index contributed by atoms with van der Waals surface area (Å²) in [7, 11) is -3.73. The number of morpholine rings is 1. The number of hydrazone groups is 1. The summed E-state index contributed by atoms with van der Waals surface area (Å²) in [6.07, 6.45) is 3.19. The third kappa shape index (κ3) is 4.87. The molecule has 10 nitrogen and oxygen atoms in total. The summed E-state index contributed by atoms with van der Waals surface area (Å²) in [6, 6.07) is 7.79. The zero-order valence-electron chi connectivity index (χ0n) is 16.8. The van der Waals surface area contributed by atoms with Crippen molar-refractivity contribution >= 4 is 44.0 Å². The summed E-state index contributed by atoms with van der Waals surface area (Å²) in [5, 5.41) is 16.8. The average Bonchev–Trinajstić information content (AvgIpc) is 3.47. The summed E-state index contributed by atoms with van der Waals surface area (Å²) in [5.74, 6) is 0. The maximum Gasteiger partial charge on any atom is 0.295 e. The number of nitro groups is 1. The Morgan fingerprint density at radius 1 is 1.13 bits per heavy atom. The van der Waals surface area contributed by atoms with Crippen LogP contribution >= 0.6 is 11.3 Å². The van der Waals surface area contributed by atoms with E-state index in [1.165, 1.54) is 16.4 Å². The number of sulfonamides is 1. The lowest BCUT2D eigenvalue weighted by molar-refractivity contribution is -0.384. The van der Waals surface area contributed by atoms with Gasteiger partial charge in [0.2, 0.25) is 10.0 Å². The third-order valence-corrected chi connectivity index (χ3v) is 8.16. The minimum atomic E-state index is -3.73. The van der Waals surface area contributed by atoms with Gasteiger partial charge in [-0.05, 0) is 37.1 Å². The van der Waals surface area contributed by atoms with Crippen LogP contribution in [0.1, 0.15) is 17.7 Å².